The van der Waals surface area contributed by atoms with Gasteiger partial charge in [-0.2, -0.15) is 0 Å². The van der Waals surface area contributed by atoms with Crippen molar-refractivity contribution in [3.63, 3.8) is 0 Å². The van der Waals surface area contributed by atoms with Crippen LogP contribution in [-0.2, 0) is 13.5 Å². The van der Waals surface area contributed by atoms with Crippen LogP contribution < -0.4 is 0 Å². The monoisotopic (exact) mass is 313 g/mol. The van der Waals surface area contributed by atoms with Crippen LogP contribution >= 0.6 is 0 Å². The molecule has 2 heteroatoms. The van der Waals surface area contributed by atoms with Gasteiger partial charge in [0.05, 0.1) is 0 Å². The molecule has 24 heavy (non-hydrogen) atoms. The minimum Gasteiger partial charge on any atom is -0.456 e. The van der Waals surface area contributed by atoms with Crippen LogP contribution in [0.3, 0.4) is 0 Å². The topological polar surface area (TPSA) is 18.1 Å². The third-order valence-corrected chi connectivity index (χ3v) is 5.14. The van der Waals surface area contributed by atoms with Gasteiger partial charge in [-0.15, -0.1) is 0 Å². The Morgan fingerprint density at radius 1 is 0.833 bits per heavy atom. The second-order valence-electron chi connectivity index (χ2n) is 6.55. The molecule has 2 nitrogen and oxygen atoms in total. The van der Waals surface area contributed by atoms with Crippen LogP contribution in [0.2, 0.25) is 0 Å². The molecule has 118 valence electrons. The smallest absolute Gasteiger partial charge is 0.138 e. The van der Waals surface area contributed by atoms with Crippen molar-refractivity contribution in [2.45, 2.75) is 19.8 Å². The lowest BCUT2D eigenvalue weighted by Gasteiger charge is -1.99. The number of rotatable bonds is 2. The molecule has 0 aliphatic heterocycles. The molecule has 2 heterocycles. The van der Waals surface area contributed by atoms with Crippen LogP contribution in [0.4, 0.5) is 0 Å². The van der Waals surface area contributed by atoms with Crippen LogP contribution in [0.1, 0.15) is 18.9 Å². The van der Waals surface area contributed by atoms with Gasteiger partial charge in [0.25, 0.3) is 0 Å². The summed E-state index contributed by atoms with van der Waals surface area (Å²) in [5, 5.41) is 5.08. The van der Waals surface area contributed by atoms with Gasteiger partial charge in [0.2, 0.25) is 0 Å². The fourth-order valence-electron chi connectivity index (χ4n) is 4.06. The molecular formula is C22H19NO. The summed E-state index contributed by atoms with van der Waals surface area (Å²) in [5.74, 6) is 0. The average Bonchev–Trinajstić information content (AvgIpc) is 3.13. The molecule has 0 saturated carbocycles. The first kappa shape index (κ1) is 13.7. The number of nitrogens with zero attached hydrogens (tertiary/aromatic N) is 1. The SMILES string of the molecule is CCCc1cccc2c1oc1ccc3c(c4ccccc4n3C)c12. The van der Waals surface area contributed by atoms with E-state index in [0.717, 1.165) is 24.0 Å². The van der Waals surface area contributed by atoms with Crippen molar-refractivity contribution in [3.8, 4) is 0 Å². The standard InChI is InChI=1S/C22H19NO/c1-3-7-14-8-6-10-16-21-19(24-22(14)16)13-12-18-20(21)15-9-4-5-11-17(15)23(18)2/h4-6,8-13H,3,7H2,1-2H3. The van der Waals surface area contributed by atoms with Gasteiger partial charge in [0.1, 0.15) is 11.2 Å². The van der Waals surface area contributed by atoms with Crippen LogP contribution in [0, 0.1) is 0 Å². The van der Waals surface area contributed by atoms with Gasteiger partial charge < -0.3 is 8.98 Å². The van der Waals surface area contributed by atoms with Crippen molar-refractivity contribution < 1.29 is 4.42 Å². The number of hydrogen-bond donors (Lipinski definition) is 0. The van der Waals surface area contributed by atoms with Gasteiger partial charge >= 0.3 is 0 Å². The Labute approximate surface area is 140 Å². The molecule has 0 atom stereocenters. The zero-order valence-corrected chi connectivity index (χ0v) is 14.0. The van der Waals surface area contributed by atoms with Crippen molar-refractivity contribution in [3.05, 3.63) is 60.2 Å². The van der Waals surface area contributed by atoms with E-state index in [0.29, 0.717) is 0 Å². The van der Waals surface area contributed by atoms with E-state index in [-0.39, 0.29) is 0 Å². The van der Waals surface area contributed by atoms with E-state index in [1.165, 1.54) is 38.1 Å². The molecule has 0 N–H and O–H groups in total. The predicted molar refractivity (Wildman–Crippen MR) is 102 cm³/mol. The van der Waals surface area contributed by atoms with Gasteiger partial charge in [-0.1, -0.05) is 49.7 Å². The summed E-state index contributed by atoms with van der Waals surface area (Å²) in [4.78, 5) is 0. The van der Waals surface area contributed by atoms with Crippen molar-refractivity contribution in [2.75, 3.05) is 0 Å². The molecule has 2 aromatic heterocycles. The fraction of sp³-hybridized carbons (Fsp3) is 0.182. The molecule has 0 bridgehead atoms. The Balaban J connectivity index is 2.06. The number of para-hydroxylation sites is 2. The molecule has 3 aromatic carbocycles. The first-order valence-electron chi connectivity index (χ1n) is 8.60. The van der Waals surface area contributed by atoms with E-state index in [1.54, 1.807) is 0 Å². The fourth-order valence-corrected chi connectivity index (χ4v) is 4.06. The van der Waals surface area contributed by atoms with Crippen molar-refractivity contribution >= 4 is 43.7 Å². The van der Waals surface area contributed by atoms with E-state index in [1.807, 2.05) is 0 Å². The second kappa shape index (κ2) is 4.88. The number of furan rings is 1. The Morgan fingerprint density at radius 2 is 1.67 bits per heavy atom. The largest absolute Gasteiger partial charge is 0.456 e. The lowest BCUT2D eigenvalue weighted by molar-refractivity contribution is 0.661. The van der Waals surface area contributed by atoms with E-state index in [4.69, 9.17) is 4.42 Å². The molecule has 5 rings (SSSR count). The third-order valence-electron chi connectivity index (χ3n) is 5.14. The highest BCUT2D eigenvalue weighted by molar-refractivity contribution is 6.27. The molecule has 0 amide bonds. The second-order valence-corrected chi connectivity index (χ2v) is 6.55. The molecular weight excluding hydrogens is 294 g/mol. The summed E-state index contributed by atoms with van der Waals surface area (Å²) in [6, 6.07) is 19.5. The first-order chi connectivity index (χ1) is 11.8. The third kappa shape index (κ3) is 1.66. The molecule has 0 fully saturated rings. The van der Waals surface area contributed by atoms with Gasteiger partial charge in [-0.05, 0) is 30.2 Å². The number of hydrogen-bond acceptors (Lipinski definition) is 1. The lowest BCUT2D eigenvalue weighted by Crippen LogP contribution is -1.85. The molecule has 0 unspecified atom stereocenters. The lowest BCUT2D eigenvalue weighted by atomic mass is 10.0. The molecule has 0 saturated heterocycles. The van der Waals surface area contributed by atoms with E-state index in [2.05, 4.69) is 73.1 Å². The quantitative estimate of drug-likeness (QED) is 0.380. The van der Waals surface area contributed by atoms with Gasteiger partial charge in [-0.25, -0.2) is 0 Å². The summed E-state index contributed by atoms with van der Waals surface area (Å²) in [6.07, 6.45) is 2.18. The number of benzene rings is 3. The maximum Gasteiger partial charge on any atom is 0.138 e. The Hall–Kier alpha value is -2.74. The van der Waals surface area contributed by atoms with Gasteiger partial charge in [0.15, 0.2) is 0 Å². The molecule has 0 spiro atoms. The molecule has 0 radical (unpaired) electrons. The first-order valence-corrected chi connectivity index (χ1v) is 8.60. The number of fused-ring (bicyclic) bond motifs is 7. The highest BCUT2D eigenvalue weighted by atomic mass is 16.3. The zero-order valence-electron chi connectivity index (χ0n) is 14.0. The van der Waals surface area contributed by atoms with Gasteiger partial charge in [-0.3, -0.25) is 0 Å². The van der Waals surface area contributed by atoms with Crippen LogP contribution in [0.25, 0.3) is 43.7 Å². The minimum atomic E-state index is 0.984. The van der Waals surface area contributed by atoms with Crippen LogP contribution in [0.15, 0.2) is 59.0 Å². The highest BCUT2D eigenvalue weighted by Crippen LogP contribution is 2.40. The summed E-state index contributed by atoms with van der Waals surface area (Å²) in [6.45, 7) is 2.21. The Kier molecular flexibility index (Phi) is 2.78. The summed E-state index contributed by atoms with van der Waals surface area (Å²) in [7, 11) is 2.14. The van der Waals surface area contributed by atoms with Crippen LogP contribution in [0.5, 0.6) is 0 Å². The van der Waals surface area contributed by atoms with E-state index < -0.39 is 0 Å². The minimum absolute atomic E-state index is 0.984. The maximum absolute atomic E-state index is 6.29. The maximum atomic E-state index is 6.29. The molecule has 5 aromatic rings. The highest BCUT2D eigenvalue weighted by Gasteiger charge is 2.17. The van der Waals surface area contributed by atoms with E-state index in [9.17, 15) is 0 Å². The Bertz CT molecular complexity index is 1220. The molecule has 0 aliphatic carbocycles. The van der Waals surface area contributed by atoms with Crippen molar-refractivity contribution in [2.24, 2.45) is 7.05 Å². The van der Waals surface area contributed by atoms with E-state index >= 15 is 0 Å². The molecule has 0 aliphatic rings. The number of aromatic nitrogens is 1. The summed E-state index contributed by atoms with van der Waals surface area (Å²) < 4.78 is 8.57. The average molecular weight is 313 g/mol. The predicted octanol–water partition coefficient (Wildman–Crippen LogP) is 6.18. The van der Waals surface area contributed by atoms with Crippen LogP contribution in [-0.4, -0.2) is 4.57 Å². The van der Waals surface area contributed by atoms with Crippen molar-refractivity contribution in [1.29, 1.82) is 0 Å². The number of aryl methyl sites for hydroxylation is 2. The normalized spacial score (nSPS) is 12.1. The summed E-state index contributed by atoms with van der Waals surface area (Å²) >= 11 is 0. The summed E-state index contributed by atoms with van der Waals surface area (Å²) in [5.41, 5.74) is 5.86. The Morgan fingerprint density at radius 3 is 2.54 bits per heavy atom. The van der Waals surface area contributed by atoms with Gasteiger partial charge in [0, 0.05) is 39.6 Å². The van der Waals surface area contributed by atoms with Crippen molar-refractivity contribution in [1.82, 2.24) is 4.57 Å². The zero-order chi connectivity index (χ0) is 16.3.